The van der Waals surface area contributed by atoms with Crippen LogP contribution in [0.3, 0.4) is 0 Å². The summed E-state index contributed by atoms with van der Waals surface area (Å²) in [4.78, 5) is 0. The van der Waals surface area contributed by atoms with Crippen molar-refractivity contribution < 1.29 is 13.9 Å². The summed E-state index contributed by atoms with van der Waals surface area (Å²) < 4.78 is 24.5. The Balaban J connectivity index is 1.80. The van der Waals surface area contributed by atoms with Gasteiger partial charge in [0, 0.05) is 18.2 Å². The van der Waals surface area contributed by atoms with Gasteiger partial charge in [-0.05, 0) is 37.8 Å². The van der Waals surface area contributed by atoms with Crippen LogP contribution in [-0.2, 0) is 4.74 Å². The quantitative estimate of drug-likeness (QED) is 0.664. The third-order valence-corrected chi connectivity index (χ3v) is 3.17. The van der Waals surface area contributed by atoms with Crippen LogP contribution in [0.15, 0.2) is 18.2 Å². The maximum absolute atomic E-state index is 13.4. The van der Waals surface area contributed by atoms with Gasteiger partial charge in [0.15, 0.2) is 0 Å². The van der Waals surface area contributed by atoms with E-state index >= 15 is 0 Å². The highest BCUT2D eigenvalue weighted by atomic mass is 19.1. The van der Waals surface area contributed by atoms with Crippen molar-refractivity contribution in [2.75, 3.05) is 19.8 Å². The fourth-order valence-electron chi connectivity index (χ4n) is 2.24. The van der Waals surface area contributed by atoms with Crippen molar-refractivity contribution in [2.45, 2.75) is 31.8 Å². The van der Waals surface area contributed by atoms with E-state index in [1.165, 1.54) is 12.1 Å². The highest BCUT2D eigenvalue weighted by Gasteiger charge is 2.14. The molecular weight excluding hydrogens is 257 g/mol. The van der Waals surface area contributed by atoms with Crippen LogP contribution in [0.25, 0.3) is 0 Å². The topological polar surface area (TPSA) is 44.5 Å². The summed E-state index contributed by atoms with van der Waals surface area (Å²) >= 11 is 0. The molecule has 0 saturated carbocycles. The Labute approximate surface area is 119 Å². The Morgan fingerprint density at radius 3 is 3.05 bits per heavy atom. The Morgan fingerprint density at radius 2 is 2.30 bits per heavy atom. The minimum absolute atomic E-state index is 0.258. The van der Waals surface area contributed by atoms with Gasteiger partial charge in [0.05, 0.1) is 19.3 Å². The summed E-state index contributed by atoms with van der Waals surface area (Å²) in [6.07, 6.45) is 4.56. The van der Waals surface area contributed by atoms with Crippen molar-refractivity contribution >= 4 is 0 Å². The number of ether oxygens (including phenoxy) is 2. The fraction of sp³-hybridized carbons (Fsp3) is 0.500. The minimum Gasteiger partial charge on any atom is -0.493 e. The molecule has 1 aromatic carbocycles. The van der Waals surface area contributed by atoms with Crippen LogP contribution in [0.5, 0.6) is 5.75 Å². The van der Waals surface area contributed by atoms with Crippen LogP contribution in [-0.4, -0.2) is 25.9 Å². The molecule has 1 aliphatic heterocycles. The highest BCUT2D eigenvalue weighted by molar-refractivity contribution is 5.40. The molecule has 108 valence electrons. The van der Waals surface area contributed by atoms with E-state index in [0.29, 0.717) is 24.0 Å². The molecule has 0 amide bonds. The van der Waals surface area contributed by atoms with E-state index in [1.807, 2.05) is 0 Å². The zero-order valence-electron chi connectivity index (χ0n) is 11.5. The Morgan fingerprint density at radius 1 is 1.40 bits per heavy atom. The van der Waals surface area contributed by atoms with E-state index in [2.05, 4.69) is 11.8 Å². The Kier molecular flexibility index (Phi) is 5.85. The molecule has 0 spiro atoms. The normalized spacial score (nSPS) is 17.6. The number of benzene rings is 1. The van der Waals surface area contributed by atoms with Crippen LogP contribution in [0.1, 0.15) is 31.2 Å². The second kappa shape index (κ2) is 7.88. The maximum atomic E-state index is 13.4. The van der Waals surface area contributed by atoms with E-state index in [-0.39, 0.29) is 12.4 Å². The number of hydrogen-bond acceptors (Lipinski definition) is 3. The lowest BCUT2D eigenvalue weighted by molar-refractivity contribution is 0.0981. The standard InChI is InChI=1S/C16H20FNO2/c17-14-10-13(4-1-7-18)11-16(12-14)20-9-3-6-15-5-2-8-19-15/h10-12,15H,2-3,5-9,18H2. The van der Waals surface area contributed by atoms with Gasteiger partial charge in [-0.1, -0.05) is 11.8 Å². The van der Waals surface area contributed by atoms with Crippen LogP contribution in [0.4, 0.5) is 4.39 Å². The monoisotopic (exact) mass is 277 g/mol. The van der Waals surface area contributed by atoms with Crippen molar-refractivity contribution in [1.82, 2.24) is 0 Å². The molecule has 1 fully saturated rings. The van der Waals surface area contributed by atoms with Crippen molar-refractivity contribution in [3.8, 4) is 17.6 Å². The van der Waals surface area contributed by atoms with Crippen LogP contribution in [0.2, 0.25) is 0 Å². The van der Waals surface area contributed by atoms with Gasteiger partial charge in [-0.25, -0.2) is 4.39 Å². The molecule has 1 saturated heterocycles. The predicted molar refractivity (Wildman–Crippen MR) is 76.0 cm³/mol. The van der Waals surface area contributed by atoms with Gasteiger partial charge in [-0.15, -0.1) is 0 Å². The lowest BCUT2D eigenvalue weighted by Gasteiger charge is -2.10. The molecule has 3 nitrogen and oxygen atoms in total. The first kappa shape index (κ1) is 14.8. The fourth-order valence-corrected chi connectivity index (χ4v) is 2.24. The van der Waals surface area contributed by atoms with Crippen LogP contribution < -0.4 is 10.5 Å². The van der Waals surface area contributed by atoms with Crippen molar-refractivity contribution in [1.29, 1.82) is 0 Å². The molecule has 4 heteroatoms. The van der Waals surface area contributed by atoms with Gasteiger partial charge in [0.1, 0.15) is 11.6 Å². The molecule has 2 N–H and O–H groups in total. The van der Waals surface area contributed by atoms with Gasteiger partial charge in [0.25, 0.3) is 0 Å². The van der Waals surface area contributed by atoms with Gasteiger partial charge < -0.3 is 15.2 Å². The average molecular weight is 277 g/mol. The van der Waals surface area contributed by atoms with Crippen LogP contribution >= 0.6 is 0 Å². The zero-order chi connectivity index (χ0) is 14.2. The van der Waals surface area contributed by atoms with Crippen molar-refractivity contribution in [3.05, 3.63) is 29.6 Å². The molecule has 1 aliphatic rings. The van der Waals surface area contributed by atoms with Crippen molar-refractivity contribution in [2.24, 2.45) is 5.73 Å². The summed E-state index contributed by atoms with van der Waals surface area (Å²) in [5, 5.41) is 0. The molecule has 0 bridgehead atoms. The molecule has 1 atom stereocenters. The van der Waals surface area contributed by atoms with E-state index in [0.717, 1.165) is 32.3 Å². The number of nitrogens with two attached hydrogens (primary N) is 1. The molecule has 1 aromatic rings. The Bertz CT molecular complexity index is 487. The van der Waals surface area contributed by atoms with Gasteiger partial charge in [0.2, 0.25) is 0 Å². The van der Waals surface area contributed by atoms with Gasteiger partial charge >= 0.3 is 0 Å². The lowest BCUT2D eigenvalue weighted by Crippen LogP contribution is -2.07. The van der Waals surface area contributed by atoms with Gasteiger partial charge in [-0.3, -0.25) is 0 Å². The Hall–Kier alpha value is -1.57. The summed E-state index contributed by atoms with van der Waals surface area (Å²) in [5.41, 5.74) is 5.89. The second-order valence-corrected chi connectivity index (χ2v) is 4.81. The zero-order valence-corrected chi connectivity index (χ0v) is 11.5. The SMILES string of the molecule is NCC#Cc1cc(F)cc(OCCCC2CCCO2)c1. The van der Waals surface area contributed by atoms with E-state index in [9.17, 15) is 4.39 Å². The highest BCUT2D eigenvalue weighted by Crippen LogP contribution is 2.19. The average Bonchev–Trinajstić information content (AvgIpc) is 2.94. The largest absolute Gasteiger partial charge is 0.493 e. The molecule has 1 unspecified atom stereocenters. The van der Waals surface area contributed by atoms with Crippen molar-refractivity contribution in [3.63, 3.8) is 0 Å². The van der Waals surface area contributed by atoms with E-state index < -0.39 is 0 Å². The molecule has 0 aliphatic carbocycles. The molecule has 0 radical (unpaired) electrons. The molecule has 20 heavy (non-hydrogen) atoms. The molecule has 0 aromatic heterocycles. The van der Waals surface area contributed by atoms with Crippen LogP contribution in [0, 0.1) is 17.7 Å². The van der Waals surface area contributed by atoms with E-state index in [4.69, 9.17) is 15.2 Å². The first-order valence-corrected chi connectivity index (χ1v) is 7.02. The molecule has 1 heterocycles. The third kappa shape index (κ3) is 4.84. The second-order valence-electron chi connectivity index (χ2n) is 4.81. The number of hydrogen-bond donors (Lipinski definition) is 1. The first-order valence-electron chi connectivity index (χ1n) is 7.02. The first-order chi connectivity index (χ1) is 9.78. The number of halogens is 1. The summed E-state index contributed by atoms with van der Waals surface area (Å²) in [5.74, 6) is 5.68. The number of rotatable bonds is 5. The summed E-state index contributed by atoms with van der Waals surface area (Å²) in [6, 6.07) is 4.49. The molecule has 2 rings (SSSR count). The van der Waals surface area contributed by atoms with E-state index in [1.54, 1.807) is 6.07 Å². The maximum Gasteiger partial charge on any atom is 0.128 e. The van der Waals surface area contributed by atoms with Gasteiger partial charge in [-0.2, -0.15) is 0 Å². The summed E-state index contributed by atoms with van der Waals surface area (Å²) in [6.45, 7) is 1.69. The third-order valence-electron chi connectivity index (χ3n) is 3.17. The smallest absolute Gasteiger partial charge is 0.128 e. The summed E-state index contributed by atoms with van der Waals surface area (Å²) in [7, 11) is 0. The molecular formula is C16H20FNO2. The minimum atomic E-state index is -0.344. The predicted octanol–water partition coefficient (Wildman–Crippen LogP) is 2.47. The lowest BCUT2D eigenvalue weighted by atomic mass is 10.1.